The highest BCUT2D eigenvalue weighted by Crippen LogP contribution is 2.28. The Morgan fingerprint density at radius 3 is 2.38 bits per heavy atom. The lowest BCUT2D eigenvalue weighted by molar-refractivity contribution is 0.463. The van der Waals surface area contributed by atoms with Gasteiger partial charge in [0.2, 0.25) is 0 Å². The van der Waals surface area contributed by atoms with E-state index in [2.05, 4.69) is 55.2 Å². The van der Waals surface area contributed by atoms with Crippen LogP contribution < -0.4 is 0 Å². The second-order valence-electron chi connectivity index (χ2n) is 6.59. The van der Waals surface area contributed by atoms with Gasteiger partial charge in [-0.2, -0.15) is 0 Å². The number of benzene rings is 2. The molecule has 0 radical (unpaired) electrons. The molecule has 0 bridgehead atoms. The Labute approximate surface area is 145 Å². The molecule has 24 heavy (non-hydrogen) atoms. The highest BCUT2D eigenvalue weighted by atomic mass is 32.2. The number of halogens is 1. The Morgan fingerprint density at radius 2 is 1.71 bits per heavy atom. The minimum atomic E-state index is -0.365. The van der Waals surface area contributed by atoms with E-state index < -0.39 is 0 Å². The fourth-order valence-corrected chi connectivity index (χ4v) is 2.98. The van der Waals surface area contributed by atoms with Crippen LogP contribution in [0.3, 0.4) is 0 Å². The summed E-state index contributed by atoms with van der Waals surface area (Å²) in [6, 6.07) is 14.9. The lowest BCUT2D eigenvalue weighted by Gasteiger charge is -2.19. The van der Waals surface area contributed by atoms with Crippen LogP contribution in [0.4, 0.5) is 4.39 Å². The standard InChI is InChI=1S/C19H19FN2OS/c1-19(2,3)14-10-8-13(9-11-14)12-24-18-22-21-17(23-18)15-6-4-5-7-16(15)20/h4-11H,12H2,1-3H3. The van der Waals surface area contributed by atoms with Crippen LogP contribution >= 0.6 is 11.8 Å². The van der Waals surface area contributed by atoms with Gasteiger partial charge in [-0.3, -0.25) is 0 Å². The number of rotatable bonds is 4. The average molecular weight is 342 g/mol. The minimum Gasteiger partial charge on any atom is -0.411 e. The predicted molar refractivity (Wildman–Crippen MR) is 94.4 cm³/mol. The highest BCUT2D eigenvalue weighted by molar-refractivity contribution is 7.98. The largest absolute Gasteiger partial charge is 0.411 e. The quantitative estimate of drug-likeness (QED) is 0.590. The van der Waals surface area contributed by atoms with Gasteiger partial charge in [-0.1, -0.05) is 68.9 Å². The van der Waals surface area contributed by atoms with Crippen molar-refractivity contribution in [1.82, 2.24) is 10.2 Å². The summed E-state index contributed by atoms with van der Waals surface area (Å²) >= 11 is 1.45. The highest BCUT2D eigenvalue weighted by Gasteiger charge is 2.14. The molecule has 0 saturated heterocycles. The van der Waals surface area contributed by atoms with Crippen LogP contribution in [0.15, 0.2) is 58.2 Å². The van der Waals surface area contributed by atoms with Crippen LogP contribution in [0.2, 0.25) is 0 Å². The van der Waals surface area contributed by atoms with E-state index in [1.54, 1.807) is 18.2 Å². The molecule has 5 heteroatoms. The van der Waals surface area contributed by atoms with Crippen molar-refractivity contribution in [2.75, 3.05) is 0 Å². The summed E-state index contributed by atoms with van der Waals surface area (Å²) < 4.78 is 19.3. The van der Waals surface area contributed by atoms with Crippen LogP contribution in [0, 0.1) is 5.82 Å². The summed E-state index contributed by atoms with van der Waals surface area (Å²) in [5.74, 6) is 0.567. The van der Waals surface area contributed by atoms with Gasteiger partial charge >= 0.3 is 0 Å². The summed E-state index contributed by atoms with van der Waals surface area (Å²) in [6.07, 6.45) is 0. The second-order valence-corrected chi connectivity index (χ2v) is 7.52. The predicted octanol–water partition coefficient (Wildman–Crippen LogP) is 5.47. The Hall–Kier alpha value is -2.14. The third kappa shape index (κ3) is 3.85. The summed E-state index contributed by atoms with van der Waals surface area (Å²) in [7, 11) is 0. The van der Waals surface area contributed by atoms with E-state index in [9.17, 15) is 4.39 Å². The molecule has 3 nitrogen and oxygen atoms in total. The maximum absolute atomic E-state index is 13.7. The van der Waals surface area contributed by atoms with Gasteiger partial charge in [0, 0.05) is 5.75 Å². The lowest BCUT2D eigenvalue weighted by Crippen LogP contribution is -2.10. The molecular formula is C19H19FN2OS. The number of thioether (sulfide) groups is 1. The van der Waals surface area contributed by atoms with Gasteiger partial charge in [-0.05, 0) is 28.7 Å². The fraction of sp³-hybridized carbons (Fsp3) is 0.263. The summed E-state index contributed by atoms with van der Waals surface area (Å²) in [6.45, 7) is 6.58. The van der Waals surface area contributed by atoms with Gasteiger partial charge < -0.3 is 4.42 Å². The van der Waals surface area contributed by atoms with E-state index >= 15 is 0 Å². The zero-order chi connectivity index (χ0) is 17.2. The molecule has 124 valence electrons. The molecule has 0 aliphatic carbocycles. The van der Waals surface area contributed by atoms with Crippen molar-refractivity contribution in [1.29, 1.82) is 0 Å². The molecule has 1 heterocycles. The molecule has 2 aromatic carbocycles. The average Bonchev–Trinajstić information content (AvgIpc) is 3.02. The first-order valence-electron chi connectivity index (χ1n) is 7.74. The fourth-order valence-electron chi connectivity index (χ4n) is 2.26. The van der Waals surface area contributed by atoms with E-state index in [0.29, 0.717) is 10.8 Å². The molecule has 0 fully saturated rings. The van der Waals surface area contributed by atoms with Crippen LogP contribution in [0.25, 0.3) is 11.5 Å². The molecule has 0 amide bonds. The van der Waals surface area contributed by atoms with Crippen molar-refractivity contribution < 1.29 is 8.81 Å². The molecule has 0 saturated carbocycles. The van der Waals surface area contributed by atoms with Crippen molar-refractivity contribution in [3.8, 4) is 11.5 Å². The van der Waals surface area contributed by atoms with E-state index in [4.69, 9.17) is 4.42 Å². The first kappa shape index (κ1) is 16.7. The van der Waals surface area contributed by atoms with Crippen LogP contribution in [-0.2, 0) is 11.2 Å². The Kier molecular flexibility index (Phi) is 4.71. The van der Waals surface area contributed by atoms with Crippen molar-refractivity contribution in [2.45, 2.75) is 37.2 Å². The number of hydrogen-bond donors (Lipinski definition) is 0. The molecule has 0 unspecified atom stereocenters. The Bertz CT molecular complexity index is 822. The normalized spacial score (nSPS) is 11.7. The van der Waals surface area contributed by atoms with Crippen LogP contribution in [0.1, 0.15) is 31.9 Å². The summed E-state index contributed by atoms with van der Waals surface area (Å²) in [5.41, 5.74) is 2.95. The molecule has 0 aliphatic rings. The van der Waals surface area contributed by atoms with Gasteiger partial charge in [0.25, 0.3) is 11.1 Å². The Balaban J connectivity index is 1.67. The number of nitrogens with zero attached hydrogens (tertiary/aromatic N) is 2. The zero-order valence-electron chi connectivity index (χ0n) is 13.9. The third-order valence-electron chi connectivity index (χ3n) is 3.69. The van der Waals surface area contributed by atoms with Gasteiger partial charge in [-0.25, -0.2) is 4.39 Å². The molecule has 3 aromatic rings. The van der Waals surface area contributed by atoms with Gasteiger partial charge in [-0.15, -0.1) is 10.2 Å². The van der Waals surface area contributed by atoms with Crippen LogP contribution in [-0.4, -0.2) is 10.2 Å². The molecule has 0 aliphatic heterocycles. The smallest absolute Gasteiger partial charge is 0.277 e. The van der Waals surface area contributed by atoms with E-state index in [-0.39, 0.29) is 17.1 Å². The number of hydrogen-bond acceptors (Lipinski definition) is 4. The third-order valence-corrected chi connectivity index (χ3v) is 4.58. The van der Waals surface area contributed by atoms with Crippen molar-refractivity contribution in [3.05, 3.63) is 65.5 Å². The molecule has 0 N–H and O–H groups in total. The SMILES string of the molecule is CC(C)(C)c1ccc(CSc2nnc(-c3ccccc3F)o2)cc1. The molecule has 0 spiro atoms. The number of aromatic nitrogens is 2. The second kappa shape index (κ2) is 6.77. The van der Waals surface area contributed by atoms with Crippen molar-refractivity contribution >= 4 is 11.8 Å². The van der Waals surface area contributed by atoms with Gasteiger partial charge in [0.05, 0.1) is 5.56 Å². The zero-order valence-corrected chi connectivity index (χ0v) is 14.7. The monoisotopic (exact) mass is 342 g/mol. The maximum Gasteiger partial charge on any atom is 0.277 e. The van der Waals surface area contributed by atoms with Crippen molar-refractivity contribution in [3.63, 3.8) is 0 Å². The first-order chi connectivity index (χ1) is 11.4. The summed E-state index contributed by atoms with van der Waals surface area (Å²) in [5, 5.41) is 8.35. The van der Waals surface area contributed by atoms with E-state index in [1.807, 2.05) is 0 Å². The molecule has 0 atom stereocenters. The molecular weight excluding hydrogens is 323 g/mol. The minimum absolute atomic E-state index is 0.146. The molecule has 3 rings (SSSR count). The van der Waals surface area contributed by atoms with Crippen molar-refractivity contribution in [2.24, 2.45) is 0 Å². The topological polar surface area (TPSA) is 38.9 Å². The lowest BCUT2D eigenvalue weighted by atomic mass is 9.87. The van der Waals surface area contributed by atoms with E-state index in [0.717, 1.165) is 5.75 Å². The van der Waals surface area contributed by atoms with E-state index in [1.165, 1.54) is 29.0 Å². The van der Waals surface area contributed by atoms with Crippen LogP contribution in [0.5, 0.6) is 0 Å². The molecule has 1 aromatic heterocycles. The first-order valence-corrected chi connectivity index (χ1v) is 8.73. The van der Waals surface area contributed by atoms with Gasteiger partial charge in [0.15, 0.2) is 0 Å². The van der Waals surface area contributed by atoms with Gasteiger partial charge in [0.1, 0.15) is 5.82 Å². The Morgan fingerprint density at radius 1 is 1.00 bits per heavy atom. The maximum atomic E-state index is 13.7. The summed E-state index contributed by atoms with van der Waals surface area (Å²) in [4.78, 5) is 0.